The minimum atomic E-state index is 0.165. The maximum atomic E-state index is 12.8. The van der Waals surface area contributed by atoms with Crippen LogP contribution in [-0.4, -0.2) is 74.3 Å². The third kappa shape index (κ3) is 4.07. The number of anilines is 1. The Labute approximate surface area is 137 Å². The minimum Gasteiger partial charge on any atom is -0.379 e. The van der Waals surface area contributed by atoms with E-state index in [4.69, 9.17) is 9.47 Å². The molecule has 0 aliphatic carbocycles. The van der Waals surface area contributed by atoms with Gasteiger partial charge in [0.25, 0.3) is 0 Å². The maximum absolute atomic E-state index is 12.8. The van der Waals surface area contributed by atoms with Crippen molar-refractivity contribution in [1.29, 1.82) is 0 Å². The topological polar surface area (TPSA) is 54.9 Å². The first-order valence-electron chi connectivity index (χ1n) is 8.38. The average molecular weight is 319 g/mol. The van der Waals surface area contributed by atoms with Crippen molar-refractivity contribution in [2.45, 2.75) is 19.4 Å². The summed E-state index contributed by atoms with van der Waals surface area (Å²) in [6, 6.07) is 3.96. The lowest BCUT2D eigenvalue weighted by Gasteiger charge is -2.32. The maximum Gasteiger partial charge on any atom is 0.168 e. The Hall–Kier alpha value is -1.50. The smallest absolute Gasteiger partial charge is 0.168 e. The van der Waals surface area contributed by atoms with Crippen LogP contribution in [0.4, 0.5) is 5.82 Å². The van der Waals surface area contributed by atoms with Gasteiger partial charge in [0.2, 0.25) is 0 Å². The zero-order valence-corrected chi connectivity index (χ0v) is 13.7. The first kappa shape index (κ1) is 16.4. The molecule has 2 fully saturated rings. The van der Waals surface area contributed by atoms with Crippen molar-refractivity contribution in [2.75, 3.05) is 57.5 Å². The second kappa shape index (κ2) is 7.86. The summed E-state index contributed by atoms with van der Waals surface area (Å²) in [5.41, 5.74) is 0.731. The molecule has 0 spiro atoms. The van der Waals surface area contributed by atoms with E-state index in [9.17, 15) is 4.79 Å². The highest BCUT2D eigenvalue weighted by Crippen LogP contribution is 2.21. The molecule has 3 heterocycles. The van der Waals surface area contributed by atoms with E-state index in [2.05, 4.69) is 21.7 Å². The van der Waals surface area contributed by atoms with Gasteiger partial charge in [0.1, 0.15) is 5.82 Å². The van der Waals surface area contributed by atoms with Gasteiger partial charge in [0.15, 0.2) is 5.78 Å². The Bertz CT molecular complexity index is 526. The highest BCUT2D eigenvalue weighted by Gasteiger charge is 2.24. The number of nitrogens with zero attached hydrogens (tertiary/aromatic N) is 3. The van der Waals surface area contributed by atoms with E-state index in [-0.39, 0.29) is 11.8 Å². The van der Waals surface area contributed by atoms with Gasteiger partial charge in [0.05, 0.1) is 32.0 Å². The zero-order valence-electron chi connectivity index (χ0n) is 13.7. The summed E-state index contributed by atoms with van der Waals surface area (Å²) in [7, 11) is 0. The van der Waals surface area contributed by atoms with E-state index < -0.39 is 0 Å². The van der Waals surface area contributed by atoms with Crippen molar-refractivity contribution in [3.05, 3.63) is 23.9 Å². The fraction of sp³-hybridized carbons (Fsp3) is 0.647. The summed E-state index contributed by atoms with van der Waals surface area (Å²) in [6.07, 6.45) is 2.27. The number of rotatable bonds is 5. The lowest BCUT2D eigenvalue weighted by Crippen LogP contribution is -2.43. The molecule has 1 aromatic heterocycles. The molecule has 3 rings (SSSR count). The number of Topliss-reactive ketones (excluding diaryl/α,β-unsaturated/α-hetero) is 1. The number of hydrogen-bond acceptors (Lipinski definition) is 6. The molecular weight excluding hydrogens is 294 g/mol. The predicted molar refractivity (Wildman–Crippen MR) is 88.1 cm³/mol. The summed E-state index contributed by atoms with van der Waals surface area (Å²) in [5, 5.41) is 0. The molecule has 1 aromatic rings. The SMILES string of the molecule is CC(CC(=O)c1cccnc1N1CCOCC1)N1CCOCC1. The Kier molecular flexibility index (Phi) is 5.59. The number of hydrogen-bond donors (Lipinski definition) is 0. The number of pyridine rings is 1. The lowest BCUT2D eigenvalue weighted by molar-refractivity contribution is 0.0188. The van der Waals surface area contributed by atoms with Crippen LogP contribution in [0.3, 0.4) is 0 Å². The summed E-state index contributed by atoms with van der Waals surface area (Å²) in [6.45, 7) is 8.38. The molecule has 2 aliphatic rings. The van der Waals surface area contributed by atoms with E-state index in [1.165, 1.54) is 0 Å². The Morgan fingerprint density at radius 2 is 1.83 bits per heavy atom. The molecule has 2 aliphatic heterocycles. The van der Waals surface area contributed by atoms with Gasteiger partial charge >= 0.3 is 0 Å². The van der Waals surface area contributed by atoms with Crippen LogP contribution < -0.4 is 4.90 Å². The largest absolute Gasteiger partial charge is 0.379 e. The summed E-state index contributed by atoms with van der Waals surface area (Å²) >= 11 is 0. The predicted octanol–water partition coefficient (Wildman–Crippen LogP) is 1.21. The van der Waals surface area contributed by atoms with Gasteiger partial charge in [0, 0.05) is 44.8 Å². The van der Waals surface area contributed by atoms with Crippen molar-refractivity contribution in [2.24, 2.45) is 0 Å². The quantitative estimate of drug-likeness (QED) is 0.761. The second-order valence-corrected chi connectivity index (χ2v) is 6.10. The molecule has 6 heteroatoms. The Morgan fingerprint density at radius 3 is 2.52 bits per heavy atom. The van der Waals surface area contributed by atoms with Crippen LogP contribution in [0.15, 0.2) is 18.3 Å². The fourth-order valence-corrected chi connectivity index (χ4v) is 3.17. The van der Waals surface area contributed by atoms with Crippen LogP contribution in [0.2, 0.25) is 0 Å². The van der Waals surface area contributed by atoms with Gasteiger partial charge in [-0.15, -0.1) is 0 Å². The molecule has 0 bridgehead atoms. The molecule has 0 radical (unpaired) electrons. The van der Waals surface area contributed by atoms with Crippen molar-refractivity contribution in [3.8, 4) is 0 Å². The number of ether oxygens (including phenoxy) is 2. The molecule has 0 N–H and O–H groups in total. The van der Waals surface area contributed by atoms with Crippen LogP contribution >= 0.6 is 0 Å². The molecule has 23 heavy (non-hydrogen) atoms. The fourth-order valence-electron chi connectivity index (χ4n) is 3.17. The van der Waals surface area contributed by atoms with E-state index in [0.717, 1.165) is 50.8 Å². The molecule has 6 nitrogen and oxygen atoms in total. The average Bonchev–Trinajstić information content (AvgIpc) is 2.63. The van der Waals surface area contributed by atoms with Crippen LogP contribution in [0.25, 0.3) is 0 Å². The summed E-state index contributed by atoms with van der Waals surface area (Å²) in [5.74, 6) is 0.966. The standard InChI is InChI=1S/C17H25N3O3/c1-14(19-5-9-22-10-6-19)13-16(21)15-3-2-4-18-17(15)20-7-11-23-12-8-20/h2-4,14H,5-13H2,1H3. The molecule has 2 saturated heterocycles. The normalized spacial score (nSPS) is 21.2. The van der Waals surface area contributed by atoms with Crippen molar-refractivity contribution in [1.82, 2.24) is 9.88 Å². The van der Waals surface area contributed by atoms with Gasteiger partial charge in [-0.3, -0.25) is 9.69 Å². The van der Waals surface area contributed by atoms with Gasteiger partial charge in [-0.1, -0.05) is 0 Å². The molecule has 126 valence electrons. The highest BCUT2D eigenvalue weighted by atomic mass is 16.5. The third-order valence-corrected chi connectivity index (χ3v) is 4.55. The van der Waals surface area contributed by atoms with Gasteiger partial charge in [-0.05, 0) is 19.1 Å². The Balaban J connectivity index is 1.69. The zero-order chi connectivity index (χ0) is 16.1. The molecule has 0 amide bonds. The first-order chi connectivity index (χ1) is 11.3. The monoisotopic (exact) mass is 319 g/mol. The molecule has 0 aromatic carbocycles. The molecule has 1 atom stereocenters. The molecule has 0 saturated carbocycles. The van der Waals surface area contributed by atoms with Crippen LogP contribution in [0.5, 0.6) is 0 Å². The first-order valence-corrected chi connectivity index (χ1v) is 8.38. The second-order valence-electron chi connectivity index (χ2n) is 6.10. The van der Waals surface area contributed by atoms with Gasteiger partial charge in [-0.2, -0.15) is 0 Å². The summed E-state index contributed by atoms with van der Waals surface area (Å²) in [4.78, 5) is 21.7. The van der Waals surface area contributed by atoms with Crippen molar-refractivity contribution in [3.63, 3.8) is 0 Å². The van der Waals surface area contributed by atoms with Crippen molar-refractivity contribution >= 4 is 11.6 Å². The number of ketones is 1. The van der Waals surface area contributed by atoms with Crippen molar-refractivity contribution < 1.29 is 14.3 Å². The van der Waals surface area contributed by atoms with E-state index in [1.807, 2.05) is 12.1 Å². The van der Waals surface area contributed by atoms with Gasteiger partial charge in [-0.25, -0.2) is 4.98 Å². The molecular formula is C17H25N3O3. The number of aromatic nitrogens is 1. The van der Waals surface area contributed by atoms with E-state index >= 15 is 0 Å². The number of carbonyl (C=O) groups is 1. The molecule has 1 unspecified atom stereocenters. The van der Waals surface area contributed by atoms with Crippen LogP contribution in [0.1, 0.15) is 23.7 Å². The highest BCUT2D eigenvalue weighted by molar-refractivity contribution is 6.00. The minimum absolute atomic E-state index is 0.165. The Morgan fingerprint density at radius 1 is 1.17 bits per heavy atom. The third-order valence-electron chi connectivity index (χ3n) is 4.55. The van der Waals surface area contributed by atoms with E-state index in [0.29, 0.717) is 19.6 Å². The van der Waals surface area contributed by atoms with E-state index in [1.54, 1.807) is 6.20 Å². The van der Waals surface area contributed by atoms with Gasteiger partial charge < -0.3 is 14.4 Å². The number of carbonyl (C=O) groups excluding carboxylic acids is 1. The summed E-state index contributed by atoms with van der Waals surface area (Å²) < 4.78 is 10.8. The van der Waals surface area contributed by atoms with Crippen LogP contribution in [-0.2, 0) is 9.47 Å². The number of morpholine rings is 2. The lowest BCUT2D eigenvalue weighted by atomic mass is 10.0. The van der Waals surface area contributed by atoms with Crippen LogP contribution in [0, 0.1) is 0 Å².